The molecule has 1 aromatic rings. The lowest BCUT2D eigenvalue weighted by molar-refractivity contribution is -0.119. The van der Waals surface area contributed by atoms with E-state index in [0.717, 1.165) is 50.8 Å². The van der Waals surface area contributed by atoms with Crippen molar-refractivity contribution in [1.29, 1.82) is 0 Å². The summed E-state index contributed by atoms with van der Waals surface area (Å²) in [7, 11) is 4.86. The van der Waals surface area contributed by atoms with Gasteiger partial charge in [-0.3, -0.25) is 9.69 Å². The number of rotatable bonds is 9. The highest BCUT2D eigenvalue weighted by Gasteiger charge is 2.21. The number of methoxy groups -OCH3 is 3. The number of nitrogens with zero attached hydrogens (tertiary/aromatic N) is 3. The van der Waals surface area contributed by atoms with Crippen LogP contribution in [0.1, 0.15) is 19.4 Å². The van der Waals surface area contributed by atoms with Crippen molar-refractivity contribution in [3.05, 3.63) is 17.7 Å². The van der Waals surface area contributed by atoms with Crippen molar-refractivity contribution < 1.29 is 19.0 Å². The maximum Gasteiger partial charge on any atom is 0.241 e. The molecule has 0 atom stereocenters. The summed E-state index contributed by atoms with van der Waals surface area (Å²) in [6.45, 7) is 9.70. The van der Waals surface area contributed by atoms with Gasteiger partial charge in [0.2, 0.25) is 11.7 Å². The van der Waals surface area contributed by atoms with Gasteiger partial charge in [-0.2, -0.15) is 0 Å². The van der Waals surface area contributed by atoms with Gasteiger partial charge in [0.25, 0.3) is 0 Å². The zero-order valence-electron chi connectivity index (χ0n) is 18.8. The van der Waals surface area contributed by atoms with Gasteiger partial charge in [0.1, 0.15) is 6.54 Å². The van der Waals surface area contributed by atoms with Crippen LogP contribution < -0.4 is 24.8 Å². The minimum Gasteiger partial charge on any atom is -0.493 e. The number of aliphatic imine (C=N–C) groups is 1. The molecule has 0 aromatic heterocycles. The number of piperazine rings is 1. The van der Waals surface area contributed by atoms with Crippen LogP contribution >= 0.6 is 0 Å². The van der Waals surface area contributed by atoms with Gasteiger partial charge in [-0.05, 0) is 31.5 Å². The Kier molecular flexibility index (Phi) is 9.53. The van der Waals surface area contributed by atoms with E-state index in [-0.39, 0.29) is 12.5 Å². The van der Waals surface area contributed by atoms with Crippen molar-refractivity contribution in [2.75, 3.05) is 67.1 Å². The van der Waals surface area contributed by atoms with Gasteiger partial charge >= 0.3 is 0 Å². The second-order valence-corrected chi connectivity index (χ2v) is 6.92. The fraction of sp³-hybridized carbons (Fsp3) is 0.619. The summed E-state index contributed by atoms with van der Waals surface area (Å²) >= 11 is 0. The number of hydrogen-bond acceptors (Lipinski definition) is 6. The number of likely N-dealkylation sites (N-methyl/N-ethyl adjacent to an activating group) is 1. The normalized spacial score (nSPS) is 15.0. The largest absolute Gasteiger partial charge is 0.493 e. The molecule has 1 aromatic carbocycles. The van der Waals surface area contributed by atoms with E-state index >= 15 is 0 Å². The summed E-state index contributed by atoms with van der Waals surface area (Å²) in [6.07, 6.45) is 0. The number of guanidine groups is 1. The number of carbonyl (C=O) groups is 1. The molecule has 0 aliphatic carbocycles. The molecule has 0 radical (unpaired) electrons. The molecule has 1 aliphatic rings. The minimum atomic E-state index is -0.0612. The highest BCUT2D eigenvalue weighted by atomic mass is 16.5. The van der Waals surface area contributed by atoms with Gasteiger partial charge in [-0.25, -0.2) is 4.99 Å². The van der Waals surface area contributed by atoms with Crippen LogP contribution in [0.15, 0.2) is 17.1 Å². The number of hydrogen-bond donors (Lipinski definition) is 2. The van der Waals surface area contributed by atoms with Gasteiger partial charge in [-0.15, -0.1) is 0 Å². The van der Waals surface area contributed by atoms with Crippen molar-refractivity contribution >= 4 is 11.9 Å². The van der Waals surface area contributed by atoms with Gasteiger partial charge in [0.05, 0.1) is 21.3 Å². The molecule has 0 saturated carbocycles. The second kappa shape index (κ2) is 12.1. The first-order valence-electron chi connectivity index (χ1n) is 10.4. The molecule has 0 spiro atoms. The minimum absolute atomic E-state index is 0.0612. The molecule has 1 saturated heterocycles. The number of carbonyl (C=O) groups excluding carboxylic acids is 1. The topological polar surface area (TPSA) is 87.7 Å². The third-order valence-electron chi connectivity index (χ3n) is 4.88. The van der Waals surface area contributed by atoms with E-state index < -0.39 is 0 Å². The number of amides is 1. The van der Waals surface area contributed by atoms with Gasteiger partial charge in [-0.1, -0.05) is 0 Å². The number of ether oxygens (including phenoxy) is 3. The zero-order valence-corrected chi connectivity index (χ0v) is 18.8. The number of benzene rings is 1. The average Bonchev–Trinajstić information content (AvgIpc) is 2.76. The molecule has 9 heteroatoms. The van der Waals surface area contributed by atoms with Crippen LogP contribution in [0.3, 0.4) is 0 Å². The summed E-state index contributed by atoms with van der Waals surface area (Å²) in [6, 6.07) is 3.98. The SMILES string of the molecule is CCNC(=O)CN=C(NCC)N1CCN(Cc2cc(OC)c(OC)c(OC)c2)CC1. The highest BCUT2D eigenvalue weighted by Crippen LogP contribution is 2.38. The Hall–Kier alpha value is -2.68. The molecule has 0 unspecified atom stereocenters. The molecule has 2 N–H and O–H groups in total. The van der Waals surface area contributed by atoms with Crippen molar-refractivity contribution in [2.24, 2.45) is 4.99 Å². The van der Waals surface area contributed by atoms with Crippen LogP contribution in [0.4, 0.5) is 0 Å². The first-order valence-corrected chi connectivity index (χ1v) is 10.4. The lowest BCUT2D eigenvalue weighted by Crippen LogP contribution is -2.52. The Morgan fingerprint density at radius 1 is 0.967 bits per heavy atom. The third-order valence-corrected chi connectivity index (χ3v) is 4.88. The summed E-state index contributed by atoms with van der Waals surface area (Å²) in [5.74, 6) is 2.66. The van der Waals surface area contributed by atoms with E-state index in [4.69, 9.17) is 14.2 Å². The van der Waals surface area contributed by atoms with Crippen LogP contribution in [-0.2, 0) is 11.3 Å². The van der Waals surface area contributed by atoms with E-state index in [1.54, 1.807) is 21.3 Å². The van der Waals surface area contributed by atoms with E-state index in [0.29, 0.717) is 23.8 Å². The molecule has 9 nitrogen and oxygen atoms in total. The molecule has 168 valence electrons. The standard InChI is InChI=1S/C21H35N5O4/c1-6-22-19(27)14-24-21(23-7-2)26-10-8-25(9-11-26)15-16-12-17(28-3)20(30-5)18(13-16)29-4/h12-13H,6-11,14-15H2,1-5H3,(H,22,27)(H,23,24). The highest BCUT2D eigenvalue weighted by molar-refractivity contribution is 5.85. The average molecular weight is 422 g/mol. The molecule has 1 fully saturated rings. The molecule has 30 heavy (non-hydrogen) atoms. The Bertz CT molecular complexity index is 692. The monoisotopic (exact) mass is 421 g/mol. The maximum atomic E-state index is 11.7. The lowest BCUT2D eigenvalue weighted by Gasteiger charge is -2.36. The van der Waals surface area contributed by atoms with Gasteiger partial charge in [0.15, 0.2) is 17.5 Å². The number of nitrogens with one attached hydrogen (secondary N) is 2. The smallest absolute Gasteiger partial charge is 0.241 e. The third kappa shape index (κ3) is 6.41. The lowest BCUT2D eigenvalue weighted by atomic mass is 10.1. The van der Waals surface area contributed by atoms with Crippen molar-refractivity contribution in [1.82, 2.24) is 20.4 Å². The van der Waals surface area contributed by atoms with Crippen LogP contribution in [-0.4, -0.2) is 88.8 Å². The Labute approximate surface area is 179 Å². The Balaban J connectivity index is 1.99. The predicted octanol–water partition coefficient (Wildman–Crippen LogP) is 0.932. The van der Waals surface area contributed by atoms with Crippen LogP contribution in [0.25, 0.3) is 0 Å². The molecule has 2 rings (SSSR count). The maximum absolute atomic E-state index is 11.7. The summed E-state index contributed by atoms with van der Waals surface area (Å²) in [5.41, 5.74) is 1.11. The van der Waals surface area contributed by atoms with Crippen molar-refractivity contribution in [2.45, 2.75) is 20.4 Å². The Morgan fingerprint density at radius 3 is 2.07 bits per heavy atom. The first kappa shape index (κ1) is 23.6. The molecule has 1 aliphatic heterocycles. The zero-order chi connectivity index (χ0) is 21.9. The van der Waals surface area contributed by atoms with Crippen LogP contribution in [0.2, 0.25) is 0 Å². The van der Waals surface area contributed by atoms with Gasteiger partial charge < -0.3 is 29.7 Å². The Morgan fingerprint density at radius 2 is 1.57 bits per heavy atom. The molecular weight excluding hydrogens is 386 g/mol. The molecule has 0 bridgehead atoms. The van der Waals surface area contributed by atoms with Gasteiger partial charge in [0, 0.05) is 45.8 Å². The molecular formula is C21H35N5O4. The fourth-order valence-corrected chi connectivity index (χ4v) is 3.43. The molecule has 1 amide bonds. The van der Waals surface area contributed by atoms with Crippen molar-refractivity contribution in [3.8, 4) is 17.2 Å². The molecule has 1 heterocycles. The van der Waals surface area contributed by atoms with Crippen LogP contribution in [0.5, 0.6) is 17.2 Å². The first-order chi connectivity index (χ1) is 14.6. The summed E-state index contributed by atoms with van der Waals surface area (Å²) < 4.78 is 16.3. The van der Waals surface area contributed by atoms with Crippen molar-refractivity contribution in [3.63, 3.8) is 0 Å². The second-order valence-electron chi connectivity index (χ2n) is 6.92. The summed E-state index contributed by atoms with van der Waals surface area (Å²) in [4.78, 5) is 20.8. The van der Waals surface area contributed by atoms with E-state index in [1.807, 2.05) is 26.0 Å². The van der Waals surface area contributed by atoms with Crippen LogP contribution in [0, 0.1) is 0 Å². The fourth-order valence-electron chi connectivity index (χ4n) is 3.43. The summed E-state index contributed by atoms with van der Waals surface area (Å²) in [5, 5.41) is 6.06. The van der Waals surface area contributed by atoms with E-state index in [2.05, 4.69) is 25.4 Å². The predicted molar refractivity (Wildman–Crippen MR) is 118 cm³/mol. The van der Waals surface area contributed by atoms with E-state index in [9.17, 15) is 4.79 Å². The van der Waals surface area contributed by atoms with E-state index in [1.165, 1.54) is 0 Å². The quantitative estimate of drug-likeness (QED) is 0.453.